The first kappa shape index (κ1) is 18.0. The summed E-state index contributed by atoms with van der Waals surface area (Å²) in [6.07, 6.45) is 0.934. The standard InChI is InChI=1S/C21H20N4O4/c1-13-6-8-14(9-7-13)18-17-19(23-11-3-10-22(18)23)21(27)24(20(17)26)15-4-2-5-16(12-15)25(28)29/h2,4-9,12,17-19H,3,10-11H2,1H3/t17-,18-,19+/m1/s1. The molecular formula is C21H20N4O4. The Labute approximate surface area is 167 Å². The van der Waals surface area contributed by atoms with Gasteiger partial charge in [-0.2, -0.15) is 0 Å². The van der Waals surface area contributed by atoms with Crippen LogP contribution in [0.3, 0.4) is 0 Å². The molecular weight excluding hydrogens is 372 g/mol. The molecule has 3 aliphatic rings. The van der Waals surface area contributed by atoms with Crippen LogP contribution in [0.15, 0.2) is 48.5 Å². The zero-order valence-electron chi connectivity index (χ0n) is 15.9. The van der Waals surface area contributed by atoms with E-state index < -0.39 is 16.9 Å². The predicted molar refractivity (Wildman–Crippen MR) is 105 cm³/mol. The van der Waals surface area contributed by atoms with Crippen molar-refractivity contribution in [3.8, 4) is 0 Å². The highest BCUT2D eigenvalue weighted by atomic mass is 16.6. The van der Waals surface area contributed by atoms with Gasteiger partial charge in [0.2, 0.25) is 5.91 Å². The van der Waals surface area contributed by atoms with Crippen LogP contribution in [0, 0.1) is 23.0 Å². The molecule has 0 saturated carbocycles. The van der Waals surface area contributed by atoms with Crippen molar-refractivity contribution in [2.75, 3.05) is 18.0 Å². The largest absolute Gasteiger partial charge is 0.274 e. The molecule has 2 aromatic carbocycles. The number of carbonyl (C=O) groups excluding carboxylic acids is 2. The van der Waals surface area contributed by atoms with Crippen molar-refractivity contribution in [3.63, 3.8) is 0 Å². The van der Waals surface area contributed by atoms with Crippen molar-refractivity contribution in [2.45, 2.75) is 25.4 Å². The minimum Gasteiger partial charge on any atom is -0.274 e. The molecule has 5 rings (SSSR count). The maximum atomic E-state index is 13.4. The number of fused-ring (bicyclic) bond motifs is 3. The first-order chi connectivity index (χ1) is 14.0. The Morgan fingerprint density at radius 2 is 1.66 bits per heavy atom. The van der Waals surface area contributed by atoms with Gasteiger partial charge in [-0.25, -0.2) is 14.9 Å². The summed E-state index contributed by atoms with van der Waals surface area (Å²) >= 11 is 0. The average molecular weight is 392 g/mol. The minimum absolute atomic E-state index is 0.141. The number of hydrogen-bond acceptors (Lipinski definition) is 6. The monoisotopic (exact) mass is 392 g/mol. The van der Waals surface area contributed by atoms with Gasteiger partial charge >= 0.3 is 0 Å². The quantitative estimate of drug-likeness (QED) is 0.453. The van der Waals surface area contributed by atoms with E-state index in [-0.39, 0.29) is 29.2 Å². The number of benzene rings is 2. The number of hydrazine groups is 1. The lowest BCUT2D eigenvalue weighted by Gasteiger charge is -2.29. The van der Waals surface area contributed by atoms with E-state index in [9.17, 15) is 19.7 Å². The number of carbonyl (C=O) groups is 2. The summed E-state index contributed by atoms with van der Waals surface area (Å²) < 4.78 is 0. The maximum absolute atomic E-state index is 13.4. The highest BCUT2D eigenvalue weighted by Gasteiger charge is 2.62. The van der Waals surface area contributed by atoms with E-state index in [4.69, 9.17) is 0 Å². The van der Waals surface area contributed by atoms with Crippen LogP contribution in [0.1, 0.15) is 23.6 Å². The van der Waals surface area contributed by atoms with Crippen molar-refractivity contribution in [1.82, 2.24) is 10.0 Å². The van der Waals surface area contributed by atoms with Crippen LogP contribution in [-0.2, 0) is 9.59 Å². The van der Waals surface area contributed by atoms with Gasteiger partial charge in [-0.15, -0.1) is 0 Å². The third-order valence-electron chi connectivity index (χ3n) is 6.12. The molecule has 0 N–H and O–H groups in total. The van der Waals surface area contributed by atoms with Crippen LogP contribution >= 0.6 is 0 Å². The summed E-state index contributed by atoms with van der Waals surface area (Å²) in [5.41, 5.74) is 2.26. The van der Waals surface area contributed by atoms with Crippen molar-refractivity contribution < 1.29 is 14.5 Å². The molecule has 0 aliphatic carbocycles. The Bertz CT molecular complexity index is 1020. The number of rotatable bonds is 3. The molecule has 2 amide bonds. The number of imide groups is 1. The SMILES string of the molecule is Cc1ccc([C@@H]2[C@H]3C(=O)N(c4cccc([N+](=O)[O-])c4)C(=O)[C@H]3N3CCCN23)cc1. The van der Waals surface area contributed by atoms with E-state index >= 15 is 0 Å². The summed E-state index contributed by atoms with van der Waals surface area (Å²) in [5, 5.41) is 15.3. The Balaban J connectivity index is 1.57. The smallest absolute Gasteiger partial charge is 0.271 e. The fourth-order valence-corrected chi connectivity index (χ4v) is 4.88. The van der Waals surface area contributed by atoms with Crippen LogP contribution < -0.4 is 4.90 Å². The molecule has 3 fully saturated rings. The Hall–Kier alpha value is -3.10. The fraction of sp³-hybridized carbons (Fsp3) is 0.333. The molecule has 0 unspecified atom stereocenters. The van der Waals surface area contributed by atoms with Crippen molar-refractivity contribution >= 4 is 23.2 Å². The first-order valence-electron chi connectivity index (χ1n) is 9.69. The number of hydrogen-bond donors (Lipinski definition) is 0. The van der Waals surface area contributed by atoms with Gasteiger partial charge in [0, 0.05) is 25.2 Å². The molecule has 0 spiro atoms. The summed E-state index contributed by atoms with van der Waals surface area (Å²) in [4.78, 5) is 38.5. The Kier molecular flexibility index (Phi) is 4.01. The van der Waals surface area contributed by atoms with Gasteiger partial charge in [0.1, 0.15) is 6.04 Å². The number of nitro groups is 1. The second-order valence-corrected chi connectivity index (χ2v) is 7.79. The second kappa shape index (κ2) is 6.47. The van der Waals surface area contributed by atoms with E-state index in [2.05, 4.69) is 5.01 Å². The number of amides is 2. The molecule has 0 radical (unpaired) electrons. The van der Waals surface area contributed by atoms with Gasteiger partial charge in [0.15, 0.2) is 0 Å². The summed E-state index contributed by atoms with van der Waals surface area (Å²) in [7, 11) is 0. The molecule has 3 heterocycles. The van der Waals surface area contributed by atoms with E-state index in [1.165, 1.54) is 18.2 Å². The highest BCUT2D eigenvalue weighted by molar-refractivity contribution is 6.24. The molecule has 8 heteroatoms. The van der Waals surface area contributed by atoms with E-state index in [0.717, 1.165) is 35.5 Å². The summed E-state index contributed by atoms with van der Waals surface area (Å²) in [5.74, 6) is -1.12. The molecule has 29 heavy (non-hydrogen) atoms. The van der Waals surface area contributed by atoms with E-state index in [1.54, 1.807) is 6.07 Å². The maximum Gasteiger partial charge on any atom is 0.271 e. The molecule has 3 atom stereocenters. The van der Waals surface area contributed by atoms with Gasteiger partial charge in [-0.05, 0) is 25.0 Å². The first-order valence-corrected chi connectivity index (χ1v) is 9.69. The lowest BCUT2D eigenvalue weighted by atomic mass is 9.89. The third kappa shape index (κ3) is 2.60. The van der Waals surface area contributed by atoms with Gasteiger partial charge < -0.3 is 0 Å². The van der Waals surface area contributed by atoms with E-state index in [0.29, 0.717) is 0 Å². The molecule has 0 bridgehead atoms. The van der Waals surface area contributed by atoms with Crippen molar-refractivity contribution in [2.24, 2.45) is 5.92 Å². The highest BCUT2D eigenvalue weighted by Crippen LogP contribution is 2.49. The number of nitrogens with zero attached hydrogens (tertiary/aromatic N) is 4. The number of aryl methyl sites for hydroxylation is 1. The zero-order valence-corrected chi connectivity index (χ0v) is 15.9. The minimum atomic E-state index is -0.560. The number of anilines is 1. The lowest BCUT2D eigenvalue weighted by molar-refractivity contribution is -0.384. The average Bonchev–Trinajstić information content (AvgIpc) is 3.35. The van der Waals surface area contributed by atoms with Gasteiger partial charge in [-0.1, -0.05) is 35.9 Å². The molecule has 8 nitrogen and oxygen atoms in total. The van der Waals surface area contributed by atoms with Crippen LogP contribution in [0.4, 0.5) is 11.4 Å². The van der Waals surface area contributed by atoms with Crippen LogP contribution in [0.25, 0.3) is 0 Å². The molecule has 2 aromatic rings. The molecule has 148 valence electrons. The van der Waals surface area contributed by atoms with Gasteiger partial charge in [-0.3, -0.25) is 19.7 Å². The number of non-ortho nitro benzene ring substituents is 1. The van der Waals surface area contributed by atoms with Gasteiger partial charge in [0.05, 0.1) is 22.6 Å². The van der Waals surface area contributed by atoms with Crippen LogP contribution in [-0.4, -0.2) is 45.9 Å². The zero-order chi connectivity index (χ0) is 20.3. The second-order valence-electron chi connectivity index (χ2n) is 7.79. The number of nitro benzene ring substituents is 1. The molecule has 3 saturated heterocycles. The van der Waals surface area contributed by atoms with Crippen LogP contribution in [0.5, 0.6) is 0 Å². The topological polar surface area (TPSA) is 87.0 Å². The van der Waals surface area contributed by atoms with Crippen molar-refractivity contribution in [1.29, 1.82) is 0 Å². The summed E-state index contributed by atoms with van der Waals surface area (Å²) in [6.45, 7) is 3.55. The molecule has 0 aromatic heterocycles. The fourth-order valence-electron chi connectivity index (χ4n) is 4.88. The van der Waals surface area contributed by atoms with E-state index in [1.807, 2.05) is 36.2 Å². The molecule has 3 aliphatic heterocycles. The Morgan fingerprint density at radius 1 is 0.966 bits per heavy atom. The summed E-state index contributed by atoms with van der Waals surface area (Å²) in [6, 6.07) is 13.0. The van der Waals surface area contributed by atoms with Crippen molar-refractivity contribution in [3.05, 3.63) is 69.8 Å². The lowest BCUT2D eigenvalue weighted by Crippen LogP contribution is -2.44. The predicted octanol–water partition coefficient (Wildman–Crippen LogP) is 2.44. The van der Waals surface area contributed by atoms with Gasteiger partial charge in [0.25, 0.3) is 11.6 Å². The third-order valence-corrected chi connectivity index (χ3v) is 6.12. The van der Waals surface area contributed by atoms with Crippen LogP contribution in [0.2, 0.25) is 0 Å². The Morgan fingerprint density at radius 3 is 2.34 bits per heavy atom. The normalized spacial score (nSPS) is 26.8.